The van der Waals surface area contributed by atoms with Gasteiger partial charge < -0.3 is 0 Å². The van der Waals surface area contributed by atoms with Crippen LogP contribution < -0.4 is 0 Å². The van der Waals surface area contributed by atoms with Gasteiger partial charge in [0.15, 0.2) is 5.01 Å². The molecule has 0 aliphatic heterocycles. The van der Waals surface area contributed by atoms with Crippen LogP contribution in [0.3, 0.4) is 0 Å². The third-order valence-electron chi connectivity index (χ3n) is 3.88. The van der Waals surface area contributed by atoms with Gasteiger partial charge in [-0.05, 0) is 24.3 Å². The Balaban J connectivity index is 1.48. The summed E-state index contributed by atoms with van der Waals surface area (Å²) in [5, 5.41) is 14.9. The first-order valence-electron chi connectivity index (χ1n) is 7.86. The van der Waals surface area contributed by atoms with Crippen molar-refractivity contribution >= 4 is 27.9 Å². The van der Waals surface area contributed by atoms with E-state index in [0.717, 1.165) is 26.9 Å². The zero-order valence-corrected chi connectivity index (χ0v) is 14.9. The maximum atomic E-state index is 5.92. The largest absolute Gasteiger partial charge is 0.217 e. The maximum Gasteiger partial charge on any atom is 0.213 e. The Morgan fingerprint density at radius 3 is 2.46 bits per heavy atom. The molecule has 0 fully saturated rings. The first kappa shape index (κ1) is 15.2. The molecule has 0 amide bonds. The molecule has 0 N–H and O–H groups in total. The van der Waals surface area contributed by atoms with Crippen molar-refractivity contribution in [2.45, 2.75) is 0 Å². The van der Waals surface area contributed by atoms with Gasteiger partial charge in [-0.1, -0.05) is 53.3 Å². The van der Waals surface area contributed by atoms with E-state index in [0.29, 0.717) is 10.7 Å². The standard InChI is InChI=1S/C18H11ClN6S/c19-13-6-8-14(9-7-13)25-20-10-15(22-25)17-23-24-11-16(21-18(24)26-17)12-4-2-1-3-5-12/h1-11H. The molecule has 2 aromatic carbocycles. The van der Waals surface area contributed by atoms with Crippen molar-refractivity contribution in [3.63, 3.8) is 0 Å². The number of imidazole rings is 1. The molecule has 6 nitrogen and oxygen atoms in total. The highest BCUT2D eigenvalue weighted by molar-refractivity contribution is 7.19. The SMILES string of the molecule is Clc1ccc(-n2ncc(-c3nn4cc(-c5ccccc5)nc4s3)n2)cc1. The molecule has 0 saturated carbocycles. The molecule has 126 valence electrons. The summed E-state index contributed by atoms with van der Waals surface area (Å²) in [6, 6.07) is 17.4. The van der Waals surface area contributed by atoms with Crippen molar-refractivity contribution < 1.29 is 0 Å². The number of nitrogens with zero attached hydrogens (tertiary/aromatic N) is 6. The highest BCUT2D eigenvalue weighted by Gasteiger charge is 2.14. The van der Waals surface area contributed by atoms with Crippen molar-refractivity contribution in [1.29, 1.82) is 0 Å². The minimum Gasteiger partial charge on any atom is -0.217 e. The molecule has 0 spiro atoms. The number of fused-ring (bicyclic) bond motifs is 1. The topological polar surface area (TPSA) is 60.9 Å². The molecule has 0 bridgehead atoms. The third-order valence-corrected chi connectivity index (χ3v) is 5.08. The maximum absolute atomic E-state index is 5.92. The Hall–Kier alpha value is -3.03. The molecule has 0 aliphatic carbocycles. The first-order valence-corrected chi connectivity index (χ1v) is 9.06. The Kier molecular flexibility index (Phi) is 3.55. The lowest BCUT2D eigenvalue weighted by molar-refractivity contribution is 0.753. The predicted octanol–water partition coefficient (Wildman–Crippen LogP) is 4.36. The number of halogens is 1. The van der Waals surface area contributed by atoms with Crippen molar-refractivity contribution in [3.8, 4) is 27.6 Å². The molecule has 0 radical (unpaired) electrons. The Labute approximate surface area is 157 Å². The van der Waals surface area contributed by atoms with Gasteiger partial charge in [0.25, 0.3) is 0 Å². The van der Waals surface area contributed by atoms with Crippen LogP contribution in [0.15, 0.2) is 67.0 Å². The second-order valence-corrected chi connectivity index (χ2v) is 7.01. The molecule has 3 aromatic heterocycles. The van der Waals surface area contributed by atoms with E-state index >= 15 is 0 Å². The van der Waals surface area contributed by atoms with Crippen LogP contribution in [0.5, 0.6) is 0 Å². The zero-order valence-electron chi connectivity index (χ0n) is 13.3. The average Bonchev–Trinajstić information content (AvgIpc) is 3.37. The zero-order chi connectivity index (χ0) is 17.5. The summed E-state index contributed by atoms with van der Waals surface area (Å²) in [7, 11) is 0. The van der Waals surface area contributed by atoms with Gasteiger partial charge in [-0.2, -0.15) is 15.0 Å². The van der Waals surface area contributed by atoms with E-state index in [9.17, 15) is 0 Å². The van der Waals surface area contributed by atoms with Gasteiger partial charge in [0.05, 0.1) is 23.8 Å². The lowest BCUT2D eigenvalue weighted by Crippen LogP contribution is -1.98. The Morgan fingerprint density at radius 1 is 0.885 bits per heavy atom. The molecule has 8 heteroatoms. The number of rotatable bonds is 3. The monoisotopic (exact) mass is 378 g/mol. The van der Waals surface area contributed by atoms with E-state index in [-0.39, 0.29) is 0 Å². The number of aromatic nitrogens is 6. The molecule has 0 atom stereocenters. The van der Waals surface area contributed by atoms with Crippen molar-refractivity contribution in [2.24, 2.45) is 0 Å². The first-order chi connectivity index (χ1) is 12.8. The summed E-state index contributed by atoms with van der Waals surface area (Å²) in [5.41, 5.74) is 3.52. The molecule has 0 saturated heterocycles. The van der Waals surface area contributed by atoms with Crippen LogP contribution in [0.2, 0.25) is 5.02 Å². The van der Waals surface area contributed by atoms with Crippen molar-refractivity contribution in [3.05, 3.63) is 72.0 Å². The minimum absolute atomic E-state index is 0.677. The summed E-state index contributed by atoms with van der Waals surface area (Å²) in [6.07, 6.45) is 3.62. The van der Waals surface area contributed by atoms with Crippen molar-refractivity contribution in [2.75, 3.05) is 0 Å². The lowest BCUT2D eigenvalue weighted by Gasteiger charge is -1.98. The van der Waals surface area contributed by atoms with E-state index in [1.54, 1.807) is 15.5 Å². The summed E-state index contributed by atoms with van der Waals surface area (Å²) in [6.45, 7) is 0. The minimum atomic E-state index is 0.677. The second kappa shape index (κ2) is 6.05. The number of benzene rings is 2. The highest BCUT2D eigenvalue weighted by atomic mass is 35.5. The van der Waals surface area contributed by atoms with Gasteiger partial charge in [0.1, 0.15) is 5.69 Å². The molecular formula is C18H11ClN6S. The van der Waals surface area contributed by atoms with Crippen LogP contribution in [-0.4, -0.2) is 29.6 Å². The van der Waals surface area contributed by atoms with Crippen molar-refractivity contribution in [1.82, 2.24) is 29.6 Å². The van der Waals surface area contributed by atoms with Gasteiger partial charge >= 0.3 is 0 Å². The van der Waals surface area contributed by atoms with E-state index in [1.807, 2.05) is 60.8 Å². The van der Waals surface area contributed by atoms with Crippen LogP contribution in [0.1, 0.15) is 0 Å². The van der Waals surface area contributed by atoms with Gasteiger partial charge in [-0.15, -0.1) is 5.10 Å². The van der Waals surface area contributed by atoms with Gasteiger partial charge in [0, 0.05) is 10.6 Å². The molecule has 5 aromatic rings. The average molecular weight is 379 g/mol. The lowest BCUT2D eigenvalue weighted by atomic mass is 10.2. The quantitative estimate of drug-likeness (QED) is 0.468. The molecule has 3 heterocycles. The molecule has 0 aliphatic rings. The molecule has 26 heavy (non-hydrogen) atoms. The van der Waals surface area contributed by atoms with E-state index in [4.69, 9.17) is 11.6 Å². The van der Waals surface area contributed by atoms with Crippen LogP contribution in [0.25, 0.3) is 32.6 Å². The smallest absolute Gasteiger partial charge is 0.213 e. The van der Waals surface area contributed by atoms with E-state index in [1.165, 1.54) is 11.3 Å². The van der Waals surface area contributed by atoms with E-state index in [2.05, 4.69) is 20.3 Å². The summed E-state index contributed by atoms with van der Waals surface area (Å²) in [4.78, 5) is 7.03. The summed E-state index contributed by atoms with van der Waals surface area (Å²) in [5.74, 6) is 0. The Morgan fingerprint density at radius 2 is 1.69 bits per heavy atom. The molecule has 0 unspecified atom stereocenters. The predicted molar refractivity (Wildman–Crippen MR) is 102 cm³/mol. The highest BCUT2D eigenvalue weighted by Crippen LogP contribution is 2.27. The molecule has 5 rings (SSSR count). The van der Waals surface area contributed by atoms with Crippen LogP contribution in [-0.2, 0) is 0 Å². The van der Waals surface area contributed by atoms with Gasteiger partial charge in [-0.3, -0.25) is 0 Å². The van der Waals surface area contributed by atoms with Crippen LogP contribution >= 0.6 is 22.9 Å². The molecular weight excluding hydrogens is 368 g/mol. The van der Waals surface area contributed by atoms with Gasteiger partial charge in [0.2, 0.25) is 4.96 Å². The second-order valence-electron chi connectivity index (χ2n) is 5.62. The fourth-order valence-electron chi connectivity index (χ4n) is 2.61. The summed E-state index contributed by atoms with van der Waals surface area (Å²) >= 11 is 7.40. The van der Waals surface area contributed by atoms with Gasteiger partial charge in [-0.25, -0.2) is 9.50 Å². The normalized spacial score (nSPS) is 11.3. The summed E-state index contributed by atoms with van der Waals surface area (Å²) < 4.78 is 1.78. The third kappa shape index (κ3) is 2.67. The fourth-order valence-corrected chi connectivity index (χ4v) is 3.57. The van der Waals surface area contributed by atoms with Crippen LogP contribution in [0.4, 0.5) is 0 Å². The van der Waals surface area contributed by atoms with E-state index < -0.39 is 0 Å². The fraction of sp³-hybridized carbons (Fsp3) is 0. The number of hydrogen-bond acceptors (Lipinski definition) is 5. The van der Waals surface area contributed by atoms with Crippen LogP contribution in [0, 0.1) is 0 Å². The Bertz CT molecular complexity index is 1160. The number of hydrogen-bond donors (Lipinski definition) is 0.